The number of carbonyl (C=O) groups is 1. The molecule has 0 spiro atoms. The van der Waals surface area contributed by atoms with E-state index in [1.54, 1.807) is 24.3 Å². The molecule has 0 unspecified atom stereocenters. The fraction of sp³-hybridized carbons (Fsp3) is 0.235. The molecule has 2 aromatic rings. The van der Waals surface area contributed by atoms with Crippen LogP contribution in [0.4, 0.5) is 11.4 Å². The molecule has 1 amide bonds. The summed E-state index contributed by atoms with van der Waals surface area (Å²) >= 11 is 6.06. The minimum Gasteiger partial charge on any atom is -0.495 e. The number of amides is 1. The Bertz CT molecular complexity index is 888. The molecule has 26 heavy (non-hydrogen) atoms. The third kappa shape index (κ3) is 4.80. The van der Waals surface area contributed by atoms with Crippen molar-refractivity contribution in [3.05, 3.63) is 47.5 Å². The summed E-state index contributed by atoms with van der Waals surface area (Å²) in [5.41, 5.74) is 0.714. The van der Waals surface area contributed by atoms with Gasteiger partial charge in [0.15, 0.2) is 0 Å². The predicted molar refractivity (Wildman–Crippen MR) is 102 cm³/mol. The summed E-state index contributed by atoms with van der Waals surface area (Å²) in [6, 6.07) is 11.6. The molecular formula is C17H19ClN2O5S. The van der Waals surface area contributed by atoms with E-state index in [9.17, 15) is 13.2 Å². The average Bonchev–Trinajstić information content (AvgIpc) is 2.59. The van der Waals surface area contributed by atoms with Crippen molar-refractivity contribution < 1.29 is 22.7 Å². The lowest BCUT2D eigenvalue weighted by atomic mass is 10.2. The third-order valence-corrected chi connectivity index (χ3v) is 4.89. The Morgan fingerprint density at radius 2 is 1.73 bits per heavy atom. The Labute approximate surface area is 157 Å². The van der Waals surface area contributed by atoms with Gasteiger partial charge in [0.25, 0.3) is 0 Å². The number of nitrogens with zero attached hydrogens (tertiary/aromatic N) is 1. The first-order valence-corrected chi connectivity index (χ1v) is 9.73. The van der Waals surface area contributed by atoms with Crippen molar-refractivity contribution in [3.63, 3.8) is 0 Å². The van der Waals surface area contributed by atoms with Gasteiger partial charge in [-0.15, -0.1) is 0 Å². The Morgan fingerprint density at radius 1 is 1.12 bits per heavy atom. The molecule has 0 aliphatic rings. The molecule has 0 heterocycles. The number of halogens is 1. The van der Waals surface area contributed by atoms with E-state index in [1.807, 2.05) is 6.07 Å². The monoisotopic (exact) mass is 398 g/mol. The van der Waals surface area contributed by atoms with Crippen molar-refractivity contribution in [1.29, 1.82) is 0 Å². The molecule has 0 saturated carbocycles. The van der Waals surface area contributed by atoms with Crippen molar-refractivity contribution in [1.82, 2.24) is 0 Å². The number of anilines is 2. The van der Waals surface area contributed by atoms with Crippen LogP contribution in [-0.4, -0.2) is 41.3 Å². The van der Waals surface area contributed by atoms with Crippen LogP contribution in [0, 0.1) is 0 Å². The fourth-order valence-electron chi connectivity index (χ4n) is 2.27. The number of hydrogen-bond donors (Lipinski definition) is 1. The van der Waals surface area contributed by atoms with E-state index in [0.717, 1.165) is 10.6 Å². The van der Waals surface area contributed by atoms with Crippen LogP contribution in [0.15, 0.2) is 42.5 Å². The van der Waals surface area contributed by atoms with Crippen LogP contribution in [0.3, 0.4) is 0 Å². The zero-order valence-electron chi connectivity index (χ0n) is 14.5. The zero-order chi connectivity index (χ0) is 19.3. The van der Waals surface area contributed by atoms with Gasteiger partial charge in [0.1, 0.15) is 18.0 Å². The molecule has 0 saturated heterocycles. The number of rotatable bonds is 7. The standard InChI is InChI=1S/C17H19ClN2O5S/c1-24-15-10-14(16(25-2)9-13(15)18)20(26(3,22)23)11-17(21)19-12-7-5-4-6-8-12/h4-10H,11H2,1-3H3,(H,19,21). The SMILES string of the molecule is COc1cc(N(CC(=O)Nc2ccccc2)S(C)(=O)=O)c(OC)cc1Cl. The van der Waals surface area contributed by atoms with Gasteiger partial charge < -0.3 is 14.8 Å². The highest BCUT2D eigenvalue weighted by Gasteiger charge is 2.25. The van der Waals surface area contributed by atoms with E-state index in [2.05, 4.69) is 5.32 Å². The molecule has 2 aromatic carbocycles. The van der Waals surface area contributed by atoms with Gasteiger partial charge in [0.05, 0.1) is 31.2 Å². The summed E-state index contributed by atoms with van der Waals surface area (Å²) in [4.78, 5) is 12.3. The fourth-order valence-corrected chi connectivity index (χ4v) is 3.36. The highest BCUT2D eigenvalue weighted by Crippen LogP contribution is 2.38. The van der Waals surface area contributed by atoms with Gasteiger partial charge in [-0.25, -0.2) is 8.42 Å². The Balaban J connectivity index is 2.38. The van der Waals surface area contributed by atoms with E-state index in [1.165, 1.54) is 26.4 Å². The minimum absolute atomic E-state index is 0.152. The number of carbonyl (C=O) groups excluding carboxylic acids is 1. The number of nitrogens with one attached hydrogen (secondary N) is 1. The maximum absolute atomic E-state index is 12.3. The molecule has 140 valence electrons. The average molecular weight is 399 g/mol. The molecule has 0 atom stereocenters. The van der Waals surface area contributed by atoms with Crippen molar-refractivity contribution in [3.8, 4) is 11.5 Å². The van der Waals surface area contributed by atoms with E-state index in [0.29, 0.717) is 5.69 Å². The molecule has 0 bridgehead atoms. The molecule has 7 nitrogen and oxygen atoms in total. The van der Waals surface area contributed by atoms with Crippen molar-refractivity contribution in [2.24, 2.45) is 0 Å². The lowest BCUT2D eigenvalue weighted by Gasteiger charge is -2.24. The number of para-hydroxylation sites is 1. The van der Waals surface area contributed by atoms with Gasteiger partial charge in [-0.05, 0) is 12.1 Å². The molecule has 0 fully saturated rings. The topological polar surface area (TPSA) is 84.9 Å². The van der Waals surface area contributed by atoms with Gasteiger partial charge in [-0.2, -0.15) is 0 Å². The summed E-state index contributed by atoms with van der Waals surface area (Å²) in [7, 11) is -0.994. The molecule has 0 aliphatic carbocycles. The molecule has 0 aliphatic heterocycles. The number of hydrogen-bond acceptors (Lipinski definition) is 5. The van der Waals surface area contributed by atoms with Crippen LogP contribution < -0.4 is 19.1 Å². The number of sulfonamides is 1. The number of methoxy groups -OCH3 is 2. The van der Waals surface area contributed by atoms with Crippen LogP contribution in [0.5, 0.6) is 11.5 Å². The normalized spacial score (nSPS) is 10.9. The molecule has 0 aromatic heterocycles. The summed E-state index contributed by atoms with van der Waals surface area (Å²) in [6.45, 7) is -0.436. The lowest BCUT2D eigenvalue weighted by molar-refractivity contribution is -0.114. The smallest absolute Gasteiger partial charge is 0.245 e. The number of benzene rings is 2. The zero-order valence-corrected chi connectivity index (χ0v) is 16.1. The second-order valence-electron chi connectivity index (χ2n) is 5.34. The first-order chi connectivity index (χ1) is 12.3. The second-order valence-corrected chi connectivity index (χ2v) is 7.66. The van der Waals surface area contributed by atoms with Crippen LogP contribution in [0.1, 0.15) is 0 Å². The summed E-state index contributed by atoms with van der Waals surface area (Å²) in [6.07, 6.45) is 1.00. The van der Waals surface area contributed by atoms with Crippen LogP contribution >= 0.6 is 11.6 Å². The highest BCUT2D eigenvalue weighted by atomic mass is 35.5. The molecule has 2 rings (SSSR count). The van der Waals surface area contributed by atoms with E-state index < -0.39 is 22.5 Å². The van der Waals surface area contributed by atoms with Crippen molar-refractivity contribution in [2.75, 3.05) is 36.6 Å². The van der Waals surface area contributed by atoms with Crippen molar-refractivity contribution in [2.45, 2.75) is 0 Å². The predicted octanol–water partition coefficient (Wildman–Crippen LogP) is 2.76. The Kier molecular flexibility index (Phi) is 6.33. The van der Waals surface area contributed by atoms with Gasteiger partial charge in [0.2, 0.25) is 15.9 Å². The summed E-state index contributed by atoms with van der Waals surface area (Å²) < 4.78 is 35.9. The van der Waals surface area contributed by atoms with Gasteiger partial charge >= 0.3 is 0 Å². The first-order valence-electron chi connectivity index (χ1n) is 7.50. The van der Waals surface area contributed by atoms with Gasteiger partial charge in [0, 0.05) is 17.8 Å². The molecule has 9 heteroatoms. The maximum atomic E-state index is 12.3. The van der Waals surface area contributed by atoms with Crippen LogP contribution in [-0.2, 0) is 14.8 Å². The highest BCUT2D eigenvalue weighted by molar-refractivity contribution is 7.92. The van der Waals surface area contributed by atoms with Crippen molar-refractivity contribution >= 4 is 38.9 Å². The van der Waals surface area contributed by atoms with E-state index in [-0.39, 0.29) is 22.2 Å². The molecular weight excluding hydrogens is 380 g/mol. The van der Waals surface area contributed by atoms with E-state index in [4.69, 9.17) is 21.1 Å². The number of ether oxygens (including phenoxy) is 2. The first kappa shape index (κ1) is 19.9. The lowest BCUT2D eigenvalue weighted by Crippen LogP contribution is -2.37. The quantitative estimate of drug-likeness (QED) is 0.775. The minimum atomic E-state index is -3.78. The largest absolute Gasteiger partial charge is 0.495 e. The Hall–Kier alpha value is -2.45. The molecule has 1 N–H and O–H groups in total. The summed E-state index contributed by atoms with van der Waals surface area (Å²) in [5.74, 6) is -0.0362. The van der Waals surface area contributed by atoms with Crippen LogP contribution in [0.2, 0.25) is 5.02 Å². The molecule has 0 radical (unpaired) electrons. The van der Waals surface area contributed by atoms with Gasteiger partial charge in [-0.1, -0.05) is 29.8 Å². The second kappa shape index (κ2) is 8.29. The van der Waals surface area contributed by atoms with E-state index >= 15 is 0 Å². The van der Waals surface area contributed by atoms with Gasteiger partial charge in [-0.3, -0.25) is 9.10 Å². The third-order valence-electron chi connectivity index (χ3n) is 3.47. The maximum Gasteiger partial charge on any atom is 0.245 e. The summed E-state index contributed by atoms with van der Waals surface area (Å²) in [5, 5.41) is 2.91. The van der Waals surface area contributed by atoms with Crippen LogP contribution in [0.25, 0.3) is 0 Å². The Morgan fingerprint density at radius 3 is 2.27 bits per heavy atom.